The third-order valence-corrected chi connectivity index (χ3v) is 2.63. The van der Waals surface area contributed by atoms with E-state index in [0.717, 1.165) is 48.4 Å². The van der Waals surface area contributed by atoms with Gasteiger partial charge in [-0.05, 0) is 50.4 Å². The van der Waals surface area contributed by atoms with E-state index in [1.807, 2.05) is 19.1 Å². The number of nitrogens with two attached hydrogens (primary N) is 1. The Morgan fingerprint density at radius 1 is 1.06 bits per heavy atom. The standard InChI is InChI=1S/C13H21NO2/c1-10-8-12(15-2)11(6-4-5-7-14)13(9-10)16-3/h8-9H,4-7,14H2,1-3H3. The lowest BCUT2D eigenvalue weighted by Crippen LogP contribution is -2.02. The number of benzene rings is 1. The van der Waals surface area contributed by atoms with E-state index in [1.165, 1.54) is 0 Å². The molecule has 0 saturated heterocycles. The lowest BCUT2D eigenvalue weighted by atomic mass is 10.0. The smallest absolute Gasteiger partial charge is 0.126 e. The minimum atomic E-state index is 0.733. The molecule has 2 N–H and O–H groups in total. The molecule has 0 bridgehead atoms. The minimum Gasteiger partial charge on any atom is -0.496 e. The number of aryl methyl sites for hydroxylation is 1. The van der Waals surface area contributed by atoms with Gasteiger partial charge in [0, 0.05) is 5.56 Å². The maximum absolute atomic E-state index is 5.50. The lowest BCUT2D eigenvalue weighted by Gasteiger charge is -2.14. The van der Waals surface area contributed by atoms with Gasteiger partial charge in [0.05, 0.1) is 14.2 Å². The summed E-state index contributed by atoms with van der Waals surface area (Å²) in [5, 5.41) is 0. The summed E-state index contributed by atoms with van der Waals surface area (Å²) in [6, 6.07) is 4.08. The Hall–Kier alpha value is -1.22. The Labute approximate surface area is 97.6 Å². The van der Waals surface area contributed by atoms with Crippen LogP contribution in [0.1, 0.15) is 24.0 Å². The molecule has 0 aliphatic heterocycles. The SMILES string of the molecule is COc1cc(C)cc(OC)c1CCCCN. The summed E-state index contributed by atoms with van der Waals surface area (Å²) in [4.78, 5) is 0. The first kappa shape index (κ1) is 12.8. The molecule has 0 aromatic heterocycles. The van der Waals surface area contributed by atoms with E-state index in [2.05, 4.69) is 0 Å². The summed E-state index contributed by atoms with van der Waals surface area (Å²) >= 11 is 0. The van der Waals surface area contributed by atoms with Crippen LogP contribution in [0.2, 0.25) is 0 Å². The number of hydrogen-bond donors (Lipinski definition) is 1. The van der Waals surface area contributed by atoms with Crippen LogP contribution in [0.3, 0.4) is 0 Å². The van der Waals surface area contributed by atoms with E-state index in [4.69, 9.17) is 15.2 Å². The quantitative estimate of drug-likeness (QED) is 0.753. The molecule has 0 radical (unpaired) electrons. The summed E-state index contributed by atoms with van der Waals surface area (Å²) < 4.78 is 10.8. The summed E-state index contributed by atoms with van der Waals surface area (Å²) in [6.45, 7) is 2.77. The fourth-order valence-electron chi connectivity index (χ4n) is 1.81. The minimum absolute atomic E-state index is 0.733. The molecular weight excluding hydrogens is 202 g/mol. The summed E-state index contributed by atoms with van der Waals surface area (Å²) in [5.41, 5.74) is 7.79. The first-order valence-corrected chi connectivity index (χ1v) is 5.64. The van der Waals surface area contributed by atoms with Crippen LogP contribution in [0, 0.1) is 6.92 Å². The Kier molecular flexibility index (Phi) is 5.12. The van der Waals surface area contributed by atoms with E-state index < -0.39 is 0 Å². The van der Waals surface area contributed by atoms with Gasteiger partial charge in [-0.1, -0.05) is 0 Å². The topological polar surface area (TPSA) is 44.5 Å². The van der Waals surface area contributed by atoms with Crippen LogP contribution in [0.5, 0.6) is 11.5 Å². The van der Waals surface area contributed by atoms with Crippen molar-refractivity contribution < 1.29 is 9.47 Å². The van der Waals surface area contributed by atoms with Crippen LogP contribution in [-0.4, -0.2) is 20.8 Å². The highest BCUT2D eigenvalue weighted by molar-refractivity contribution is 5.47. The van der Waals surface area contributed by atoms with Gasteiger partial charge in [0.2, 0.25) is 0 Å². The molecule has 0 aliphatic carbocycles. The van der Waals surface area contributed by atoms with Gasteiger partial charge >= 0.3 is 0 Å². The van der Waals surface area contributed by atoms with Crippen molar-refractivity contribution in [2.45, 2.75) is 26.2 Å². The highest BCUT2D eigenvalue weighted by atomic mass is 16.5. The Morgan fingerprint density at radius 2 is 1.62 bits per heavy atom. The molecule has 0 saturated carbocycles. The van der Waals surface area contributed by atoms with Crippen LogP contribution in [-0.2, 0) is 6.42 Å². The zero-order valence-electron chi connectivity index (χ0n) is 10.4. The Bertz CT molecular complexity index is 312. The zero-order chi connectivity index (χ0) is 12.0. The van der Waals surface area contributed by atoms with E-state index in [1.54, 1.807) is 14.2 Å². The normalized spacial score (nSPS) is 10.2. The molecule has 16 heavy (non-hydrogen) atoms. The average Bonchev–Trinajstić information content (AvgIpc) is 2.30. The molecule has 90 valence electrons. The Balaban J connectivity index is 2.93. The molecule has 3 heteroatoms. The van der Waals surface area contributed by atoms with Crippen molar-refractivity contribution in [3.8, 4) is 11.5 Å². The number of unbranched alkanes of at least 4 members (excludes halogenated alkanes) is 1. The lowest BCUT2D eigenvalue weighted by molar-refractivity contribution is 0.383. The van der Waals surface area contributed by atoms with Crippen LogP contribution < -0.4 is 15.2 Å². The van der Waals surface area contributed by atoms with E-state index in [0.29, 0.717) is 0 Å². The molecule has 3 nitrogen and oxygen atoms in total. The van der Waals surface area contributed by atoms with E-state index in [9.17, 15) is 0 Å². The molecule has 1 aromatic carbocycles. The van der Waals surface area contributed by atoms with Crippen molar-refractivity contribution in [2.24, 2.45) is 5.73 Å². The van der Waals surface area contributed by atoms with Crippen molar-refractivity contribution in [1.82, 2.24) is 0 Å². The van der Waals surface area contributed by atoms with Gasteiger partial charge in [-0.2, -0.15) is 0 Å². The summed E-state index contributed by atoms with van der Waals surface area (Å²) in [6.07, 6.45) is 3.04. The first-order valence-electron chi connectivity index (χ1n) is 5.64. The fourth-order valence-corrected chi connectivity index (χ4v) is 1.81. The maximum atomic E-state index is 5.50. The summed E-state index contributed by atoms with van der Waals surface area (Å²) in [7, 11) is 3.39. The third kappa shape index (κ3) is 3.14. The first-order chi connectivity index (χ1) is 7.72. The monoisotopic (exact) mass is 223 g/mol. The van der Waals surface area contributed by atoms with Crippen LogP contribution in [0.4, 0.5) is 0 Å². The largest absolute Gasteiger partial charge is 0.496 e. The summed E-state index contributed by atoms with van der Waals surface area (Å²) in [5.74, 6) is 1.82. The second-order valence-electron chi connectivity index (χ2n) is 3.89. The third-order valence-electron chi connectivity index (χ3n) is 2.63. The van der Waals surface area contributed by atoms with Crippen molar-refractivity contribution in [2.75, 3.05) is 20.8 Å². The van der Waals surface area contributed by atoms with Gasteiger partial charge in [0.25, 0.3) is 0 Å². The number of hydrogen-bond acceptors (Lipinski definition) is 3. The molecule has 0 aliphatic rings. The predicted octanol–water partition coefficient (Wildman–Crippen LogP) is 2.29. The van der Waals surface area contributed by atoms with Gasteiger partial charge in [0.15, 0.2) is 0 Å². The van der Waals surface area contributed by atoms with Crippen LogP contribution in [0.25, 0.3) is 0 Å². The fraction of sp³-hybridized carbons (Fsp3) is 0.538. The molecular formula is C13H21NO2. The maximum Gasteiger partial charge on any atom is 0.126 e. The van der Waals surface area contributed by atoms with E-state index in [-0.39, 0.29) is 0 Å². The van der Waals surface area contributed by atoms with Gasteiger partial charge in [-0.3, -0.25) is 0 Å². The van der Waals surface area contributed by atoms with Crippen molar-refractivity contribution in [3.63, 3.8) is 0 Å². The van der Waals surface area contributed by atoms with Crippen LogP contribution >= 0.6 is 0 Å². The van der Waals surface area contributed by atoms with Crippen molar-refractivity contribution in [1.29, 1.82) is 0 Å². The zero-order valence-corrected chi connectivity index (χ0v) is 10.4. The molecule has 0 atom stereocenters. The molecule has 0 unspecified atom stereocenters. The van der Waals surface area contributed by atoms with Gasteiger partial charge in [-0.25, -0.2) is 0 Å². The second-order valence-corrected chi connectivity index (χ2v) is 3.89. The molecule has 0 heterocycles. The molecule has 0 spiro atoms. The van der Waals surface area contributed by atoms with Crippen molar-refractivity contribution >= 4 is 0 Å². The number of rotatable bonds is 6. The van der Waals surface area contributed by atoms with E-state index >= 15 is 0 Å². The van der Waals surface area contributed by atoms with Gasteiger partial charge in [-0.15, -0.1) is 0 Å². The average molecular weight is 223 g/mol. The number of ether oxygens (including phenoxy) is 2. The molecule has 0 fully saturated rings. The number of methoxy groups -OCH3 is 2. The molecule has 1 rings (SSSR count). The van der Waals surface area contributed by atoms with Gasteiger partial charge in [0.1, 0.15) is 11.5 Å². The van der Waals surface area contributed by atoms with Crippen molar-refractivity contribution in [3.05, 3.63) is 23.3 Å². The Morgan fingerprint density at radius 3 is 2.06 bits per heavy atom. The second kappa shape index (κ2) is 6.38. The molecule has 0 amide bonds. The molecule has 1 aromatic rings. The predicted molar refractivity (Wildman–Crippen MR) is 66.3 cm³/mol. The van der Waals surface area contributed by atoms with Crippen LogP contribution in [0.15, 0.2) is 12.1 Å². The highest BCUT2D eigenvalue weighted by Gasteiger charge is 2.10. The van der Waals surface area contributed by atoms with Gasteiger partial charge < -0.3 is 15.2 Å². The highest BCUT2D eigenvalue weighted by Crippen LogP contribution is 2.31.